The molecule has 0 saturated carbocycles. The van der Waals surface area contributed by atoms with Crippen LogP contribution < -0.4 is 0 Å². The van der Waals surface area contributed by atoms with Crippen LogP contribution in [-0.2, 0) is 4.79 Å². The maximum atomic E-state index is 11.0. The Labute approximate surface area is 61.6 Å². The Kier molecular flexibility index (Phi) is 4.63. The van der Waals surface area contributed by atoms with E-state index in [-0.39, 0.29) is 5.78 Å². The summed E-state index contributed by atoms with van der Waals surface area (Å²) in [6.45, 7) is 3.80. The van der Waals surface area contributed by atoms with Gasteiger partial charge in [0.25, 0.3) is 0 Å². The SMILES string of the molecule is CCCC(=O)C(=CO)CC. The van der Waals surface area contributed by atoms with Crippen molar-refractivity contribution < 1.29 is 9.90 Å². The standard InChI is InChI=1S/C8H14O2/c1-3-5-8(10)7(4-2)6-9/h6,9H,3-5H2,1-2H3. The van der Waals surface area contributed by atoms with E-state index in [2.05, 4.69) is 0 Å². The molecule has 0 atom stereocenters. The molecule has 0 bridgehead atoms. The van der Waals surface area contributed by atoms with Gasteiger partial charge in [-0.3, -0.25) is 4.79 Å². The maximum absolute atomic E-state index is 11.0. The molecule has 0 fully saturated rings. The van der Waals surface area contributed by atoms with Gasteiger partial charge in [0.1, 0.15) is 0 Å². The van der Waals surface area contributed by atoms with Gasteiger partial charge in [0, 0.05) is 12.0 Å². The second-order valence-corrected chi connectivity index (χ2v) is 2.18. The third kappa shape index (κ3) is 2.67. The minimum atomic E-state index is 0.0625. The number of allylic oxidation sites excluding steroid dienone is 1. The first kappa shape index (κ1) is 9.21. The van der Waals surface area contributed by atoms with Crippen LogP contribution in [0, 0.1) is 0 Å². The van der Waals surface area contributed by atoms with Crippen LogP contribution in [0.4, 0.5) is 0 Å². The van der Waals surface area contributed by atoms with E-state index in [9.17, 15) is 4.79 Å². The summed E-state index contributed by atoms with van der Waals surface area (Å²) in [4.78, 5) is 11.0. The van der Waals surface area contributed by atoms with Crippen molar-refractivity contribution in [3.8, 4) is 0 Å². The van der Waals surface area contributed by atoms with Crippen molar-refractivity contribution >= 4 is 5.78 Å². The molecular weight excluding hydrogens is 128 g/mol. The highest BCUT2D eigenvalue weighted by molar-refractivity contribution is 5.94. The number of hydrogen-bond donors (Lipinski definition) is 1. The molecule has 10 heavy (non-hydrogen) atoms. The van der Waals surface area contributed by atoms with Crippen LogP contribution in [0.3, 0.4) is 0 Å². The molecule has 0 aliphatic heterocycles. The number of Topliss-reactive ketones (excluding diaryl/α,β-unsaturated/α-hetero) is 1. The molecule has 0 unspecified atom stereocenters. The van der Waals surface area contributed by atoms with Crippen LogP contribution in [0.2, 0.25) is 0 Å². The lowest BCUT2D eigenvalue weighted by atomic mass is 10.1. The van der Waals surface area contributed by atoms with Gasteiger partial charge in [-0.15, -0.1) is 0 Å². The molecule has 0 spiro atoms. The quantitative estimate of drug-likeness (QED) is 0.482. The van der Waals surface area contributed by atoms with Crippen LogP contribution >= 0.6 is 0 Å². The van der Waals surface area contributed by atoms with E-state index in [0.717, 1.165) is 12.7 Å². The van der Waals surface area contributed by atoms with Crippen LogP contribution in [-0.4, -0.2) is 10.9 Å². The summed E-state index contributed by atoms with van der Waals surface area (Å²) in [5.74, 6) is 0.0625. The normalized spacial score (nSPS) is 11.6. The predicted octanol–water partition coefficient (Wildman–Crippen LogP) is 2.21. The highest BCUT2D eigenvalue weighted by atomic mass is 16.2. The summed E-state index contributed by atoms with van der Waals surface area (Å²) < 4.78 is 0. The van der Waals surface area contributed by atoms with Gasteiger partial charge in [-0.25, -0.2) is 0 Å². The first-order chi connectivity index (χ1) is 4.76. The minimum Gasteiger partial charge on any atom is -0.515 e. The highest BCUT2D eigenvalue weighted by Gasteiger charge is 2.04. The van der Waals surface area contributed by atoms with E-state index in [4.69, 9.17) is 5.11 Å². The summed E-state index contributed by atoms with van der Waals surface area (Å²) >= 11 is 0. The topological polar surface area (TPSA) is 37.3 Å². The van der Waals surface area contributed by atoms with E-state index < -0.39 is 0 Å². The van der Waals surface area contributed by atoms with Gasteiger partial charge >= 0.3 is 0 Å². The Morgan fingerprint density at radius 1 is 1.50 bits per heavy atom. The van der Waals surface area contributed by atoms with Crippen LogP contribution in [0.15, 0.2) is 11.8 Å². The second-order valence-electron chi connectivity index (χ2n) is 2.18. The van der Waals surface area contributed by atoms with Crippen molar-refractivity contribution in [2.75, 3.05) is 0 Å². The molecule has 0 rings (SSSR count). The first-order valence-electron chi connectivity index (χ1n) is 3.62. The van der Waals surface area contributed by atoms with Gasteiger partial charge in [-0.2, -0.15) is 0 Å². The Hall–Kier alpha value is -0.790. The summed E-state index contributed by atoms with van der Waals surface area (Å²) in [7, 11) is 0. The van der Waals surface area contributed by atoms with E-state index >= 15 is 0 Å². The molecule has 2 heteroatoms. The number of aliphatic hydroxyl groups is 1. The molecule has 0 aromatic heterocycles. The average molecular weight is 142 g/mol. The molecule has 58 valence electrons. The predicted molar refractivity (Wildman–Crippen MR) is 40.9 cm³/mol. The maximum Gasteiger partial charge on any atom is 0.161 e. The molecule has 0 aliphatic rings. The molecule has 2 nitrogen and oxygen atoms in total. The average Bonchev–Trinajstić information content (AvgIpc) is 1.91. The zero-order valence-corrected chi connectivity index (χ0v) is 6.55. The first-order valence-corrected chi connectivity index (χ1v) is 3.62. The number of aliphatic hydroxyl groups excluding tert-OH is 1. The monoisotopic (exact) mass is 142 g/mol. The highest BCUT2D eigenvalue weighted by Crippen LogP contribution is 2.05. The van der Waals surface area contributed by atoms with Crippen molar-refractivity contribution in [2.24, 2.45) is 0 Å². The lowest BCUT2D eigenvalue weighted by Gasteiger charge is -1.98. The fourth-order valence-electron chi connectivity index (χ4n) is 0.748. The summed E-state index contributed by atoms with van der Waals surface area (Å²) in [6.07, 6.45) is 2.92. The van der Waals surface area contributed by atoms with Gasteiger partial charge in [-0.05, 0) is 12.8 Å². The Morgan fingerprint density at radius 3 is 2.40 bits per heavy atom. The summed E-state index contributed by atoms with van der Waals surface area (Å²) in [5.41, 5.74) is 0.529. The number of carbonyl (C=O) groups is 1. The van der Waals surface area contributed by atoms with Crippen molar-refractivity contribution in [3.63, 3.8) is 0 Å². The zero-order valence-electron chi connectivity index (χ0n) is 6.55. The molecule has 0 aliphatic carbocycles. The fourth-order valence-corrected chi connectivity index (χ4v) is 0.748. The van der Waals surface area contributed by atoms with E-state index in [1.54, 1.807) is 0 Å². The molecule has 0 aromatic rings. The third-order valence-electron chi connectivity index (χ3n) is 1.37. The molecular formula is C8H14O2. The van der Waals surface area contributed by atoms with Crippen molar-refractivity contribution in [3.05, 3.63) is 11.8 Å². The van der Waals surface area contributed by atoms with Gasteiger partial charge in [0.2, 0.25) is 0 Å². The van der Waals surface area contributed by atoms with E-state index in [1.807, 2.05) is 13.8 Å². The molecule has 0 amide bonds. The Bertz CT molecular complexity index is 136. The molecule has 0 radical (unpaired) electrons. The van der Waals surface area contributed by atoms with Crippen LogP contribution in [0.5, 0.6) is 0 Å². The van der Waals surface area contributed by atoms with Gasteiger partial charge in [0.15, 0.2) is 5.78 Å². The van der Waals surface area contributed by atoms with E-state index in [1.165, 1.54) is 0 Å². The van der Waals surface area contributed by atoms with Gasteiger partial charge in [0.05, 0.1) is 6.26 Å². The number of rotatable bonds is 4. The molecule has 0 saturated heterocycles. The van der Waals surface area contributed by atoms with Crippen molar-refractivity contribution in [1.82, 2.24) is 0 Å². The smallest absolute Gasteiger partial charge is 0.161 e. The summed E-state index contributed by atoms with van der Waals surface area (Å²) in [6, 6.07) is 0. The molecule has 0 heterocycles. The molecule has 0 aromatic carbocycles. The minimum absolute atomic E-state index is 0.0625. The Morgan fingerprint density at radius 2 is 2.10 bits per heavy atom. The van der Waals surface area contributed by atoms with Crippen LogP contribution in [0.1, 0.15) is 33.1 Å². The van der Waals surface area contributed by atoms with Crippen molar-refractivity contribution in [1.29, 1.82) is 0 Å². The fraction of sp³-hybridized carbons (Fsp3) is 0.625. The summed E-state index contributed by atoms with van der Waals surface area (Å²) in [5, 5.41) is 8.54. The van der Waals surface area contributed by atoms with Gasteiger partial charge in [-0.1, -0.05) is 13.8 Å². The van der Waals surface area contributed by atoms with Crippen LogP contribution in [0.25, 0.3) is 0 Å². The zero-order chi connectivity index (χ0) is 7.98. The van der Waals surface area contributed by atoms with E-state index in [0.29, 0.717) is 18.4 Å². The number of carbonyl (C=O) groups excluding carboxylic acids is 1. The molecule has 1 N–H and O–H groups in total. The lowest BCUT2D eigenvalue weighted by Crippen LogP contribution is -2.00. The van der Waals surface area contributed by atoms with Gasteiger partial charge < -0.3 is 5.11 Å². The third-order valence-corrected chi connectivity index (χ3v) is 1.37. The Balaban J connectivity index is 3.91. The number of ketones is 1. The number of hydrogen-bond acceptors (Lipinski definition) is 2. The van der Waals surface area contributed by atoms with Crippen molar-refractivity contribution in [2.45, 2.75) is 33.1 Å². The second kappa shape index (κ2) is 5.03. The largest absolute Gasteiger partial charge is 0.515 e. The lowest BCUT2D eigenvalue weighted by molar-refractivity contribution is -0.115.